The number of aliphatic hydroxyl groups excluding tert-OH is 1. The summed E-state index contributed by atoms with van der Waals surface area (Å²) in [5.74, 6) is 1.05. The first kappa shape index (κ1) is 21.2. The predicted molar refractivity (Wildman–Crippen MR) is 115 cm³/mol. The van der Waals surface area contributed by atoms with Gasteiger partial charge in [-0.3, -0.25) is 4.99 Å². The fourth-order valence-corrected chi connectivity index (χ4v) is 3.69. The van der Waals surface area contributed by atoms with Gasteiger partial charge in [-0.2, -0.15) is 0 Å². The zero-order valence-electron chi connectivity index (χ0n) is 15.4. The molecule has 3 rings (SSSR count). The third-order valence-corrected chi connectivity index (χ3v) is 5.20. The smallest absolute Gasteiger partial charge is 0.194 e. The number of aliphatic hydroxyl groups is 1. The number of guanidine groups is 1. The van der Waals surface area contributed by atoms with E-state index in [1.165, 1.54) is 12.1 Å². The molecule has 0 bridgehead atoms. The fourth-order valence-electron chi connectivity index (χ4n) is 3.69. The molecule has 1 aliphatic carbocycles. The van der Waals surface area contributed by atoms with Crippen LogP contribution in [0.5, 0.6) is 0 Å². The lowest BCUT2D eigenvalue weighted by atomic mass is 10.1. The Morgan fingerprint density at radius 1 is 1.19 bits per heavy atom. The molecule has 2 unspecified atom stereocenters. The Labute approximate surface area is 172 Å². The number of nitrogens with zero attached hydrogens (tertiary/aromatic N) is 3. The second-order valence-electron chi connectivity index (χ2n) is 6.90. The number of hydrogen-bond donors (Lipinski definition) is 2. The average molecular weight is 476 g/mol. The summed E-state index contributed by atoms with van der Waals surface area (Å²) in [5, 5.41) is 13.4. The third kappa shape index (κ3) is 5.45. The first-order chi connectivity index (χ1) is 12.2. The first-order valence-electron chi connectivity index (χ1n) is 9.39. The summed E-state index contributed by atoms with van der Waals surface area (Å²) in [4.78, 5) is 9.34. The molecular weight excluding hydrogens is 446 g/mol. The molecule has 1 saturated heterocycles. The van der Waals surface area contributed by atoms with Gasteiger partial charge in [0.2, 0.25) is 0 Å². The van der Waals surface area contributed by atoms with E-state index in [0.29, 0.717) is 12.5 Å². The largest absolute Gasteiger partial charge is 0.393 e. The summed E-state index contributed by atoms with van der Waals surface area (Å²) in [6, 6.07) is 6.71. The molecule has 2 fully saturated rings. The highest BCUT2D eigenvalue weighted by Gasteiger charge is 2.26. The molecule has 1 aliphatic heterocycles. The van der Waals surface area contributed by atoms with Crippen molar-refractivity contribution >= 4 is 35.6 Å². The highest BCUT2D eigenvalue weighted by molar-refractivity contribution is 14.0. The van der Waals surface area contributed by atoms with Crippen LogP contribution in [0.25, 0.3) is 0 Å². The van der Waals surface area contributed by atoms with Crippen LogP contribution >= 0.6 is 24.0 Å². The highest BCUT2D eigenvalue weighted by Crippen LogP contribution is 2.25. The minimum absolute atomic E-state index is 0. The van der Waals surface area contributed by atoms with Crippen molar-refractivity contribution in [1.29, 1.82) is 0 Å². The Kier molecular flexibility index (Phi) is 8.40. The van der Waals surface area contributed by atoms with Crippen LogP contribution in [0.1, 0.15) is 26.2 Å². The maximum atomic E-state index is 13.1. The standard InChI is InChI=1S/C19H29FN4O.HI/c1-2-21-19(22-14-15-4-3-5-18(15)25)24-12-10-23(11-13-24)17-8-6-16(20)7-9-17;/h6-9,15,18,25H,2-5,10-14H2,1H3,(H,21,22);1H. The van der Waals surface area contributed by atoms with Gasteiger partial charge in [-0.15, -0.1) is 24.0 Å². The predicted octanol–water partition coefficient (Wildman–Crippen LogP) is 2.69. The lowest BCUT2D eigenvalue weighted by Gasteiger charge is -2.37. The van der Waals surface area contributed by atoms with Crippen molar-refractivity contribution in [1.82, 2.24) is 10.2 Å². The first-order valence-corrected chi connectivity index (χ1v) is 9.39. The minimum atomic E-state index is -0.196. The third-order valence-electron chi connectivity index (χ3n) is 5.20. The second-order valence-corrected chi connectivity index (χ2v) is 6.90. The van der Waals surface area contributed by atoms with Gasteiger partial charge in [-0.05, 0) is 44.0 Å². The second kappa shape index (κ2) is 10.3. The van der Waals surface area contributed by atoms with E-state index in [-0.39, 0.29) is 35.9 Å². The molecule has 1 saturated carbocycles. The van der Waals surface area contributed by atoms with Gasteiger partial charge in [0.15, 0.2) is 5.96 Å². The van der Waals surface area contributed by atoms with Crippen molar-refractivity contribution in [2.45, 2.75) is 32.3 Å². The number of nitrogens with one attached hydrogen (secondary N) is 1. The number of rotatable bonds is 4. The van der Waals surface area contributed by atoms with Crippen molar-refractivity contribution in [2.24, 2.45) is 10.9 Å². The van der Waals surface area contributed by atoms with Gasteiger partial charge >= 0.3 is 0 Å². The summed E-state index contributed by atoms with van der Waals surface area (Å²) in [7, 11) is 0. The Morgan fingerprint density at radius 2 is 1.88 bits per heavy atom. The molecule has 0 spiro atoms. The van der Waals surface area contributed by atoms with Gasteiger partial charge in [0, 0.05) is 50.9 Å². The average Bonchev–Trinajstić information content (AvgIpc) is 3.04. The van der Waals surface area contributed by atoms with E-state index in [1.807, 2.05) is 12.1 Å². The minimum Gasteiger partial charge on any atom is -0.393 e. The molecule has 5 nitrogen and oxygen atoms in total. The van der Waals surface area contributed by atoms with Crippen molar-refractivity contribution in [3.05, 3.63) is 30.1 Å². The van der Waals surface area contributed by atoms with Crippen molar-refractivity contribution in [3.63, 3.8) is 0 Å². The lowest BCUT2D eigenvalue weighted by Crippen LogP contribution is -2.52. The normalized spacial score (nSPS) is 23.7. The number of hydrogen-bond acceptors (Lipinski definition) is 3. The molecule has 1 heterocycles. The van der Waals surface area contributed by atoms with Crippen LogP contribution in [-0.2, 0) is 0 Å². The van der Waals surface area contributed by atoms with E-state index >= 15 is 0 Å². The van der Waals surface area contributed by atoms with E-state index in [4.69, 9.17) is 4.99 Å². The summed E-state index contributed by atoms with van der Waals surface area (Å²) in [6.07, 6.45) is 2.89. The fraction of sp³-hybridized carbons (Fsp3) is 0.632. The van der Waals surface area contributed by atoms with Gasteiger partial charge in [0.25, 0.3) is 0 Å². The van der Waals surface area contributed by atoms with Gasteiger partial charge < -0.3 is 20.2 Å². The molecule has 1 aromatic rings. The van der Waals surface area contributed by atoms with E-state index in [9.17, 15) is 9.50 Å². The number of benzene rings is 1. The van der Waals surface area contributed by atoms with Crippen LogP contribution in [-0.4, -0.2) is 61.3 Å². The zero-order valence-corrected chi connectivity index (χ0v) is 17.7. The monoisotopic (exact) mass is 476 g/mol. The number of piperazine rings is 1. The molecule has 0 amide bonds. The van der Waals surface area contributed by atoms with Gasteiger partial charge in [0.1, 0.15) is 5.82 Å². The van der Waals surface area contributed by atoms with Crippen LogP contribution in [0.15, 0.2) is 29.3 Å². The van der Waals surface area contributed by atoms with Gasteiger partial charge in [-0.25, -0.2) is 4.39 Å². The molecule has 2 N–H and O–H groups in total. The van der Waals surface area contributed by atoms with Crippen LogP contribution in [0, 0.1) is 11.7 Å². The molecule has 0 aromatic heterocycles. The van der Waals surface area contributed by atoms with E-state index in [1.54, 1.807) is 0 Å². The Morgan fingerprint density at radius 3 is 2.46 bits per heavy atom. The zero-order chi connectivity index (χ0) is 17.6. The maximum Gasteiger partial charge on any atom is 0.194 e. The summed E-state index contributed by atoms with van der Waals surface area (Å²) >= 11 is 0. The van der Waals surface area contributed by atoms with Crippen LogP contribution < -0.4 is 10.2 Å². The van der Waals surface area contributed by atoms with Crippen molar-refractivity contribution in [2.75, 3.05) is 44.2 Å². The van der Waals surface area contributed by atoms with E-state index < -0.39 is 0 Å². The van der Waals surface area contributed by atoms with Gasteiger partial charge in [-0.1, -0.05) is 6.42 Å². The Bertz CT molecular complexity index is 575. The topological polar surface area (TPSA) is 51.1 Å². The number of anilines is 1. The number of halogens is 2. The molecular formula is C19H30FIN4O. The van der Waals surface area contributed by atoms with Gasteiger partial charge in [0.05, 0.1) is 6.10 Å². The quantitative estimate of drug-likeness (QED) is 0.399. The summed E-state index contributed by atoms with van der Waals surface area (Å²) < 4.78 is 13.1. The lowest BCUT2D eigenvalue weighted by molar-refractivity contribution is 0.136. The maximum absolute atomic E-state index is 13.1. The van der Waals surface area contributed by atoms with Crippen molar-refractivity contribution in [3.8, 4) is 0 Å². The molecule has 146 valence electrons. The van der Waals surface area contributed by atoms with E-state index in [0.717, 1.165) is 63.6 Å². The molecule has 7 heteroatoms. The van der Waals surface area contributed by atoms with E-state index in [2.05, 4.69) is 22.0 Å². The SMILES string of the molecule is CCNC(=NCC1CCCC1O)N1CCN(c2ccc(F)cc2)CC1.I. The van der Waals surface area contributed by atoms with Crippen LogP contribution in [0.3, 0.4) is 0 Å². The molecule has 2 aliphatic rings. The molecule has 1 aromatic carbocycles. The Balaban J connectivity index is 0.00000243. The summed E-state index contributed by atoms with van der Waals surface area (Å²) in [6.45, 7) is 7.16. The van der Waals surface area contributed by atoms with Crippen LogP contribution in [0.2, 0.25) is 0 Å². The highest BCUT2D eigenvalue weighted by atomic mass is 127. The molecule has 0 radical (unpaired) electrons. The number of aliphatic imine (C=N–C) groups is 1. The Hall–Kier alpha value is -1.09. The summed E-state index contributed by atoms with van der Waals surface area (Å²) in [5.41, 5.74) is 1.07. The molecule has 26 heavy (non-hydrogen) atoms. The molecule has 2 atom stereocenters. The van der Waals surface area contributed by atoms with Crippen molar-refractivity contribution < 1.29 is 9.50 Å². The van der Waals surface area contributed by atoms with Crippen LogP contribution in [0.4, 0.5) is 10.1 Å².